The van der Waals surface area contributed by atoms with Gasteiger partial charge >= 0.3 is 0 Å². The van der Waals surface area contributed by atoms with Gasteiger partial charge < -0.3 is 10.2 Å². The molecular formula is C18H29N3. The Balaban J connectivity index is 1.33. The molecule has 0 bridgehead atoms. The lowest BCUT2D eigenvalue weighted by Crippen LogP contribution is -2.35. The van der Waals surface area contributed by atoms with Crippen molar-refractivity contribution in [2.45, 2.75) is 50.7 Å². The number of para-hydroxylation sites is 1. The van der Waals surface area contributed by atoms with E-state index >= 15 is 0 Å². The van der Waals surface area contributed by atoms with Gasteiger partial charge in [0, 0.05) is 44.0 Å². The average Bonchev–Trinajstić information content (AvgIpc) is 3.28. The predicted molar refractivity (Wildman–Crippen MR) is 89.9 cm³/mol. The Morgan fingerprint density at radius 1 is 1.24 bits per heavy atom. The number of likely N-dealkylation sites (tertiary alicyclic amines) is 1. The van der Waals surface area contributed by atoms with Gasteiger partial charge in [-0.25, -0.2) is 0 Å². The number of hydrogen-bond acceptors (Lipinski definition) is 3. The molecule has 0 radical (unpaired) electrons. The molecular weight excluding hydrogens is 258 g/mol. The van der Waals surface area contributed by atoms with Crippen LogP contribution in [0.3, 0.4) is 0 Å². The second kappa shape index (κ2) is 6.80. The Kier molecular flexibility index (Phi) is 4.81. The van der Waals surface area contributed by atoms with Crippen molar-refractivity contribution in [2.75, 3.05) is 31.6 Å². The number of nitrogens with one attached hydrogen (secondary N) is 1. The van der Waals surface area contributed by atoms with E-state index in [-0.39, 0.29) is 0 Å². The van der Waals surface area contributed by atoms with Crippen molar-refractivity contribution in [1.82, 2.24) is 10.2 Å². The molecule has 1 heterocycles. The monoisotopic (exact) mass is 287 g/mol. The molecule has 2 fully saturated rings. The zero-order valence-electron chi connectivity index (χ0n) is 13.5. The lowest BCUT2D eigenvalue weighted by molar-refractivity contribution is 0.255. The molecule has 1 aliphatic carbocycles. The molecule has 1 aromatic rings. The van der Waals surface area contributed by atoms with E-state index in [1.54, 1.807) is 0 Å². The predicted octanol–water partition coefficient (Wildman–Crippen LogP) is 2.73. The van der Waals surface area contributed by atoms with Gasteiger partial charge in [0.1, 0.15) is 0 Å². The zero-order chi connectivity index (χ0) is 14.7. The fourth-order valence-corrected chi connectivity index (χ4v) is 3.55. The van der Waals surface area contributed by atoms with Crippen molar-refractivity contribution in [2.24, 2.45) is 0 Å². The van der Waals surface area contributed by atoms with Crippen LogP contribution in [-0.2, 0) is 0 Å². The molecule has 0 spiro atoms. The first kappa shape index (κ1) is 14.9. The third kappa shape index (κ3) is 3.98. The maximum Gasteiger partial charge on any atom is 0.0363 e. The van der Waals surface area contributed by atoms with Crippen LogP contribution >= 0.6 is 0 Å². The zero-order valence-corrected chi connectivity index (χ0v) is 13.5. The van der Waals surface area contributed by atoms with Crippen molar-refractivity contribution in [3.63, 3.8) is 0 Å². The summed E-state index contributed by atoms with van der Waals surface area (Å²) in [5.74, 6) is 0. The minimum absolute atomic E-state index is 0.711. The van der Waals surface area contributed by atoms with Gasteiger partial charge in [-0.3, -0.25) is 4.90 Å². The molecule has 1 saturated heterocycles. The molecule has 21 heavy (non-hydrogen) atoms. The quantitative estimate of drug-likeness (QED) is 0.778. The third-order valence-electron chi connectivity index (χ3n) is 4.94. The summed E-state index contributed by atoms with van der Waals surface area (Å²) in [6.07, 6.45) is 5.39. The molecule has 1 aromatic carbocycles. The van der Waals surface area contributed by atoms with Gasteiger partial charge in [-0.2, -0.15) is 0 Å². The highest BCUT2D eigenvalue weighted by Gasteiger charge is 2.38. The SMILES string of the molecule is CC1CC(NCCCN(C)c2ccccc2)CN1C1CC1. The fraction of sp³-hybridized carbons (Fsp3) is 0.667. The van der Waals surface area contributed by atoms with Crippen LogP contribution in [-0.4, -0.2) is 49.7 Å². The van der Waals surface area contributed by atoms with E-state index < -0.39 is 0 Å². The Morgan fingerprint density at radius 3 is 2.71 bits per heavy atom. The van der Waals surface area contributed by atoms with E-state index in [9.17, 15) is 0 Å². The Labute approximate surface area is 129 Å². The van der Waals surface area contributed by atoms with Gasteiger partial charge in [0.05, 0.1) is 0 Å². The molecule has 2 aliphatic rings. The molecule has 1 aliphatic heterocycles. The number of benzene rings is 1. The number of hydrogen-bond donors (Lipinski definition) is 1. The highest BCUT2D eigenvalue weighted by Crippen LogP contribution is 2.33. The van der Waals surface area contributed by atoms with Gasteiger partial charge in [-0.05, 0) is 51.3 Å². The topological polar surface area (TPSA) is 18.5 Å². The third-order valence-corrected chi connectivity index (χ3v) is 4.94. The maximum atomic E-state index is 3.76. The van der Waals surface area contributed by atoms with Gasteiger partial charge in [0.2, 0.25) is 0 Å². The van der Waals surface area contributed by atoms with E-state index in [1.165, 1.54) is 37.9 Å². The second-order valence-corrected chi connectivity index (χ2v) is 6.77. The molecule has 116 valence electrons. The van der Waals surface area contributed by atoms with Gasteiger partial charge in [0.25, 0.3) is 0 Å². The molecule has 3 heteroatoms. The summed E-state index contributed by atoms with van der Waals surface area (Å²) < 4.78 is 0. The van der Waals surface area contributed by atoms with E-state index in [2.05, 4.69) is 59.4 Å². The smallest absolute Gasteiger partial charge is 0.0363 e. The minimum Gasteiger partial charge on any atom is -0.375 e. The lowest BCUT2D eigenvalue weighted by Gasteiger charge is -2.21. The van der Waals surface area contributed by atoms with Crippen molar-refractivity contribution in [3.8, 4) is 0 Å². The maximum absolute atomic E-state index is 3.76. The van der Waals surface area contributed by atoms with E-state index in [1.807, 2.05) is 0 Å². The molecule has 1 saturated carbocycles. The van der Waals surface area contributed by atoms with Crippen LogP contribution in [0.4, 0.5) is 5.69 Å². The highest BCUT2D eigenvalue weighted by molar-refractivity contribution is 5.44. The summed E-state index contributed by atoms with van der Waals surface area (Å²) in [5.41, 5.74) is 1.31. The molecule has 1 N–H and O–H groups in total. The Bertz CT molecular complexity index is 429. The van der Waals surface area contributed by atoms with Gasteiger partial charge in [0.15, 0.2) is 0 Å². The summed E-state index contributed by atoms with van der Waals surface area (Å²) in [6.45, 7) is 5.90. The van der Waals surface area contributed by atoms with Gasteiger partial charge in [-0.1, -0.05) is 18.2 Å². The summed E-state index contributed by atoms with van der Waals surface area (Å²) in [7, 11) is 2.18. The van der Waals surface area contributed by atoms with E-state index in [0.29, 0.717) is 6.04 Å². The minimum atomic E-state index is 0.711. The summed E-state index contributed by atoms with van der Waals surface area (Å²) in [4.78, 5) is 5.06. The first-order valence-corrected chi connectivity index (χ1v) is 8.49. The van der Waals surface area contributed by atoms with E-state index in [0.717, 1.165) is 25.2 Å². The average molecular weight is 287 g/mol. The molecule has 0 amide bonds. The summed E-state index contributed by atoms with van der Waals surface area (Å²) >= 11 is 0. The lowest BCUT2D eigenvalue weighted by atomic mass is 10.2. The van der Waals surface area contributed by atoms with Crippen LogP contribution in [0.25, 0.3) is 0 Å². The molecule has 3 nitrogen and oxygen atoms in total. The van der Waals surface area contributed by atoms with Crippen LogP contribution in [0, 0.1) is 0 Å². The normalized spacial score (nSPS) is 26.2. The first-order valence-electron chi connectivity index (χ1n) is 8.49. The van der Waals surface area contributed by atoms with E-state index in [4.69, 9.17) is 0 Å². The van der Waals surface area contributed by atoms with Crippen LogP contribution < -0.4 is 10.2 Å². The molecule has 3 rings (SSSR count). The number of anilines is 1. The Hall–Kier alpha value is -1.06. The van der Waals surface area contributed by atoms with Gasteiger partial charge in [-0.15, -0.1) is 0 Å². The fourth-order valence-electron chi connectivity index (χ4n) is 3.55. The number of rotatable bonds is 7. The molecule has 2 atom stereocenters. The van der Waals surface area contributed by atoms with Crippen molar-refractivity contribution >= 4 is 5.69 Å². The second-order valence-electron chi connectivity index (χ2n) is 6.77. The van der Waals surface area contributed by atoms with Crippen LogP contribution in [0.2, 0.25) is 0 Å². The summed E-state index contributed by atoms with van der Waals surface area (Å²) in [5, 5.41) is 3.76. The highest BCUT2D eigenvalue weighted by atomic mass is 15.3. The van der Waals surface area contributed by atoms with Crippen LogP contribution in [0.1, 0.15) is 32.6 Å². The van der Waals surface area contributed by atoms with Crippen LogP contribution in [0.15, 0.2) is 30.3 Å². The standard InChI is InChI=1S/C18H29N3/c1-15-13-16(14-21(15)18-9-10-18)19-11-6-12-20(2)17-7-4-3-5-8-17/h3-5,7-8,15-16,18-19H,6,9-14H2,1-2H3. The largest absolute Gasteiger partial charge is 0.375 e. The van der Waals surface area contributed by atoms with Crippen molar-refractivity contribution in [3.05, 3.63) is 30.3 Å². The first-order chi connectivity index (χ1) is 10.2. The summed E-state index contributed by atoms with van der Waals surface area (Å²) in [6, 6.07) is 13.1. The number of nitrogens with zero attached hydrogens (tertiary/aromatic N) is 2. The van der Waals surface area contributed by atoms with Crippen molar-refractivity contribution in [1.29, 1.82) is 0 Å². The van der Waals surface area contributed by atoms with Crippen molar-refractivity contribution < 1.29 is 0 Å². The van der Waals surface area contributed by atoms with Crippen LogP contribution in [0.5, 0.6) is 0 Å². The molecule has 0 aromatic heterocycles. The molecule has 2 unspecified atom stereocenters. The Morgan fingerprint density at radius 2 is 2.00 bits per heavy atom.